The van der Waals surface area contributed by atoms with E-state index in [1.165, 1.54) is 38.3 Å². The van der Waals surface area contributed by atoms with Gasteiger partial charge in [0, 0.05) is 16.3 Å². The number of para-hydroxylation sites is 2. The maximum atomic E-state index is 6.25. The minimum absolute atomic E-state index is 0.927. The third-order valence-electron chi connectivity index (χ3n) is 7.02. The summed E-state index contributed by atoms with van der Waals surface area (Å²) < 4.78 is 6.25. The molecule has 0 saturated heterocycles. The molecule has 1 nitrogen and oxygen atoms in total. The maximum absolute atomic E-state index is 6.25. The molecule has 0 saturated carbocycles. The van der Waals surface area contributed by atoms with Gasteiger partial charge in [0.2, 0.25) is 0 Å². The van der Waals surface area contributed by atoms with E-state index in [0.717, 1.165) is 33.1 Å². The lowest BCUT2D eigenvalue weighted by Gasteiger charge is -2.09. The van der Waals surface area contributed by atoms with Gasteiger partial charge in [-0.15, -0.1) is 9.24 Å². The molecule has 0 fully saturated rings. The fourth-order valence-electron chi connectivity index (χ4n) is 5.10. The topological polar surface area (TPSA) is 13.1 Å². The first-order valence-corrected chi connectivity index (χ1v) is 12.7. The van der Waals surface area contributed by atoms with Crippen molar-refractivity contribution in [2.24, 2.45) is 0 Å². The summed E-state index contributed by atoms with van der Waals surface area (Å²) in [4.78, 5) is 0. The third kappa shape index (κ3) is 3.61. The highest BCUT2D eigenvalue weighted by Crippen LogP contribution is 2.36. The van der Waals surface area contributed by atoms with E-state index in [1.807, 2.05) is 12.1 Å². The van der Waals surface area contributed by atoms with Gasteiger partial charge in [0.25, 0.3) is 0 Å². The van der Waals surface area contributed by atoms with Crippen molar-refractivity contribution in [1.29, 1.82) is 0 Å². The molecule has 36 heavy (non-hydrogen) atoms. The Morgan fingerprint density at radius 1 is 0.444 bits per heavy atom. The van der Waals surface area contributed by atoms with Crippen molar-refractivity contribution >= 4 is 47.3 Å². The summed E-state index contributed by atoms with van der Waals surface area (Å²) in [5.41, 5.74) is 9.04. The van der Waals surface area contributed by atoms with Gasteiger partial charge in [0.15, 0.2) is 0 Å². The monoisotopic (exact) mass is 478 g/mol. The van der Waals surface area contributed by atoms with Gasteiger partial charge < -0.3 is 4.42 Å². The molecule has 0 amide bonds. The number of hydrogen-bond donors (Lipinski definition) is 0. The van der Waals surface area contributed by atoms with E-state index < -0.39 is 0 Å². The maximum Gasteiger partial charge on any atom is 0.143 e. The second-order valence-corrected chi connectivity index (χ2v) is 9.92. The normalized spacial score (nSPS) is 11.5. The number of furan rings is 1. The fourth-order valence-corrected chi connectivity index (χ4v) is 5.29. The lowest BCUT2D eigenvalue weighted by molar-refractivity contribution is 0.670. The SMILES string of the molecule is Pc1ccc(-c2ccc3ccc(-c4ccc(-c5cccc6c5oc5ccccc56)cc4)cc3c2)cc1. The van der Waals surface area contributed by atoms with Crippen molar-refractivity contribution in [2.45, 2.75) is 0 Å². The van der Waals surface area contributed by atoms with Crippen LogP contribution in [0.4, 0.5) is 0 Å². The summed E-state index contributed by atoms with van der Waals surface area (Å²) in [6.45, 7) is 0. The lowest BCUT2D eigenvalue weighted by atomic mass is 9.96. The fraction of sp³-hybridized carbons (Fsp3) is 0. The summed E-state index contributed by atoms with van der Waals surface area (Å²) in [5, 5.41) is 6.01. The number of fused-ring (bicyclic) bond motifs is 4. The van der Waals surface area contributed by atoms with Gasteiger partial charge >= 0.3 is 0 Å². The highest BCUT2D eigenvalue weighted by atomic mass is 31.0. The van der Waals surface area contributed by atoms with Gasteiger partial charge in [-0.05, 0) is 62.1 Å². The van der Waals surface area contributed by atoms with Crippen LogP contribution in [-0.2, 0) is 0 Å². The van der Waals surface area contributed by atoms with Crippen LogP contribution >= 0.6 is 9.24 Å². The van der Waals surface area contributed by atoms with Gasteiger partial charge in [0.1, 0.15) is 11.2 Å². The molecule has 1 aromatic heterocycles. The smallest absolute Gasteiger partial charge is 0.143 e. The Hall–Kier alpha value is -4.19. The average molecular weight is 479 g/mol. The van der Waals surface area contributed by atoms with Crippen molar-refractivity contribution < 1.29 is 4.42 Å². The quantitative estimate of drug-likeness (QED) is 0.231. The number of benzene rings is 6. The minimum Gasteiger partial charge on any atom is -0.455 e. The molecule has 7 aromatic rings. The van der Waals surface area contributed by atoms with E-state index in [2.05, 4.69) is 125 Å². The molecule has 7 rings (SSSR count). The van der Waals surface area contributed by atoms with E-state index in [9.17, 15) is 0 Å². The van der Waals surface area contributed by atoms with Gasteiger partial charge in [-0.2, -0.15) is 0 Å². The van der Waals surface area contributed by atoms with Crippen LogP contribution in [0.5, 0.6) is 0 Å². The molecule has 0 radical (unpaired) electrons. The summed E-state index contributed by atoms with van der Waals surface area (Å²) in [6, 6.07) is 45.5. The van der Waals surface area contributed by atoms with Crippen LogP contribution < -0.4 is 5.30 Å². The second kappa shape index (κ2) is 8.48. The Labute approximate surface area is 212 Å². The molecule has 0 N–H and O–H groups in total. The first-order valence-electron chi connectivity index (χ1n) is 12.1. The molecule has 1 atom stereocenters. The van der Waals surface area contributed by atoms with Crippen molar-refractivity contribution in [3.05, 3.63) is 127 Å². The zero-order valence-corrected chi connectivity index (χ0v) is 20.8. The Bertz CT molecular complexity index is 1880. The Morgan fingerprint density at radius 3 is 1.75 bits per heavy atom. The third-order valence-corrected chi connectivity index (χ3v) is 7.40. The molecular weight excluding hydrogens is 455 g/mol. The van der Waals surface area contributed by atoms with Crippen LogP contribution in [0.1, 0.15) is 0 Å². The van der Waals surface area contributed by atoms with Crippen LogP contribution in [0, 0.1) is 0 Å². The Morgan fingerprint density at radius 2 is 1.03 bits per heavy atom. The molecule has 0 bridgehead atoms. The Kier molecular flexibility index (Phi) is 4.98. The summed E-state index contributed by atoms with van der Waals surface area (Å²) >= 11 is 0. The van der Waals surface area contributed by atoms with E-state index in [4.69, 9.17) is 4.42 Å². The standard InChI is InChI=1S/C34H23OP/c36-29-18-16-23(17-19-29)27-15-11-24-10-14-26(20-28(24)21-27)22-8-12-25(13-9-22)30-5-3-6-32-31-4-1-2-7-33(31)35-34(30)32/h1-21H,36H2. The highest BCUT2D eigenvalue weighted by Gasteiger charge is 2.12. The molecule has 0 aliphatic heterocycles. The predicted molar refractivity (Wildman–Crippen MR) is 157 cm³/mol. The minimum atomic E-state index is 0.927. The molecule has 2 heteroatoms. The molecule has 0 spiro atoms. The van der Waals surface area contributed by atoms with E-state index in [0.29, 0.717) is 0 Å². The van der Waals surface area contributed by atoms with Gasteiger partial charge in [-0.3, -0.25) is 0 Å². The Balaban J connectivity index is 1.26. The molecular formula is C34H23OP. The van der Waals surface area contributed by atoms with Gasteiger partial charge in [-0.25, -0.2) is 0 Å². The van der Waals surface area contributed by atoms with Crippen molar-refractivity contribution in [1.82, 2.24) is 0 Å². The number of rotatable bonds is 3. The van der Waals surface area contributed by atoms with E-state index in [1.54, 1.807) is 0 Å². The largest absolute Gasteiger partial charge is 0.455 e. The predicted octanol–water partition coefficient (Wildman–Crippen LogP) is 9.24. The van der Waals surface area contributed by atoms with E-state index in [-0.39, 0.29) is 0 Å². The van der Waals surface area contributed by atoms with Crippen molar-refractivity contribution in [3.8, 4) is 33.4 Å². The first-order chi connectivity index (χ1) is 17.7. The zero-order chi connectivity index (χ0) is 24.1. The average Bonchev–Trinajstić information content (AvgIpc) is 3.32. The van der Waals surface area contributed by atoms with Gasteiger partial charge in [0.05, 0.1) is 0 Å². The van der Waals surface area contributed by atoms with E-state index >= 15 is 0 Å². The summed E-state index contributed by atoms with van der Waals surface area (Å²) in [7, 11) is 2.75. The van der Waals surface area contributed by atoms with Gasteiger partial charge in [-0.1, -0.05) is 109 Å². The molecule has 170 valence electrons. The lowest BCUT2D eigenvalue weighted by Crippen LogP contribution is -1.88. The highest BCUT2D eigenvalue weighted by molar-refractivity contribution is 7.27. The molecule has 6 aromatic carbocycles. The van der Waals surface area contributed by atoms with Crippen LogP contribution in [0.25, 0.3) is 66.1 Å². The molecule has 0 aliphatic rings. The number of hydrogen-bond acceptors (Lipinski definition) is 1. The zero-order valence-electron chi connectivity index (χ0n) is 19.6. The second-order valence-electron chi connectivity index (χ2n) is 9.26. The summed E-state index contributed by atoms with van der Waals surface area (Å²) in [6.07, 6.45) is 0. The van der Waals surface area contributed by atoms with Crippen LogP contribution in [0.3, 0.4) is 0 Å². The van der Waals surface area contributed by atoms with Crippen LogP contribution in [-0.4, -0.2) is 0 Å². The van der Waals surface area contributed by atoms with Crippen molar-refractivity contribution in [2.75, 3.05) is 0 Å². The first kappa shape index (κ1) is 21.1. The molecule has 0 aliphatic carbocycles. The summed E-state index contributed by atoms with van der Waals surface area (Å²) in [5.74, 6) is 0. The van der Waals surface area contributed by atoms with Crippen molar-refractivity contribution in [3.63, 3.8) is 0 Å². The molecule has 1 unspecified atom stereocenters. The van der Waals surface area contributed by atoms with Crippen LogP contribution in [0.2, 0.25) is 0 Å². The van der Waals surface area contributed by atoms with Crippen LogP contribution in [0.15, 0.2) is 132 Å². The molecule has 1 heterocycles.